The predicted molar refractivity (Wildman–Crippen MR) is 121 cm³/mol. The Hall–Kier alpha value is -3.05. The molecule has 0 aliphatic heterocycles. The Balaban J connectivity index is 0.00000104. The molecule has 0 aliphatic carbocycles. The number of aryl methyl sites for hydroxylation is 1. The van der Waals surface area contributed by atoms with Crippen LogP contribution in [0.4, 0.5) is 22.1 Å². The van der Waals surface area contributed by atoms with Crippen LogP contribution in [0.15, 0.2) is 43.0 Å². The van der Waals surface area contributed by atoms with E-state index in [0.717, 1.165) is 12.1 Å². The Morgan fingerprint density at radius 3 is 2.06 bits per heavy atom. The van der Waals surface area contributed by atoms with Crippen LogP contribution < -0.4 is 15.2 Å². The van der Waals surface area contributed by atoms with Crippen LogP contribution in [-0.2, 0) is 29.7 Å². The van der Waals surface area contributed by atoms with Gasteiger partial charge in [0, 0.05) is 6.54 Å². The number of imidazole rings is 1. The molecule has 2 aromatic rings. The van der Waals surface area contributed by atoms with Crippen LogP contribution in [0.3, 0.4) is 0 Å². The summed E-state index contributed by atoms with van der Waals surface area (Å²) in [4.78, 5) is 24.6. The lowest BCUT2D eigenvalue weighted by molar-refractivity contribution is -0.671. The molecule has 7 nitrogen and oxygen atoms in total. The summed E-state index contributed by atoms with van der Waals surface area (Å²) in [6, 6.07) is 7.47. The van der Waals surface area contributed by atoms with Gasteiger partial charge in [-0.25, -0.2) is 13.9 Å². The zero-order chi connectivity index (χ0) is 26.1. The molecule has 34 heavy (non-hydrogen) atoms. The van der Waals surface area contributed by atoms with E-state index in [9.17, 15) is 26.9 Å². The molecular weight excluding hydrogens is 455 g/mol. The number of hydrogen-bond acceptors (Lipinski definition) is 3. The van der Waals surface area contributed by atoms with Gasteiger partial charge in [0.1, 0.15) is 30.6 Å². The summed E-state index contributed by atoms with van der Waals surface area (Å²) < 4.78 is 48.4. The molecule has 2 amide bonds. The summed E-state index contributed by atoms with van der Waals surface area (Å²) in [7, 11) is -4.01. The predicted octanol–water partition coefficient (Wildman–Crippen LogP) is 3.83. The van der Waals surface area contributed by atoms with E-state index in [4.69, 9.17) is 4.74 Å². The summed E-state index contributed by atoms with van der Waals surface area (Å²) in [5.41, 5.74) is 1.57. The van der Waals surface area contributed by atoms with Crippen LogP contribution in [0.25, 0.3) is 0 Å². The van der Waals surface area contributed by atoms with Crippen LogP contribution >= 0.6 is 0 Å². The van der Waals surface area contributed by atoms with Gasteiger partial charge in [-0.15, -0.1) is 0 Å². The van der Waals surface area contributed by atoms with Crippen molar-refractivity contribution in [2.45, 2.75) is 59.4 Å². The van der Waals surface area contributed by atoms with Crippen molar-refractivity contribution in [2.24, 2.45) is 13.0 Å². The number of amides is 2. The fraction of sp³-hybridized carbons (Fsp3) is 0.500. The SMILES string of the molecule is CC(C)[C@H](NC(=O)OC(C)(C)C)C(=O)NCc1ccc(Cn2cc[n+](C)c2)cc1.F[B-](F)(F)F. The quantitative estimate of drug-likeness (QED) is 0.354. The summed E-state index contributed by atoms with van der Waals surface area (Å²) in [6.45, 7) is 10.3. The molecule has 1 aromatic heterocycles. The topological polar surface area (TPSA) is 76.2 Å². The number of ether oxygens (including phenoxy) is 1. The van der Waals surface area contributed by atoms with Crippen LogP contribution in [-0.4, -0.2) is 35.5 Å². The molecule has 0 saturated carbocycles. The highest BCUT2D eigenvalue weighted by Crippen LogP contribution is 2.10. The zero-order valence-corrected chi connectivity index (χ0v) is 20.3. The van der Waals surface area contributed by atoms with Gasteiger partial charge < -0.3 is 32.6 Å². The van der Waals surface area contributed by atoms with Crippen molar-refractivity contribution < 1.29 is 36.2 Å². The van der Waals surface area contributed by atoms with Crippen molar-refractivity contribution in [1.82, 2.24) is 15.2 Å². The number of benzene rings is 1. The monoisotopic (exact) mass is 488 g/mol. The summed E-state index contributed by atoms with van der Waals surface area (Å²) in [5.74, 6) is -0.289. The van der Waals surface area contributed by atoms with Crippen molar-refractivity contribution in [3.63, 3.8) is 0 Å². The molecule has 0 saturated heterocycles. The molecule has 0 aliphatic rings. The molecule has 0 unspecified atom stereocenters. The van der Waals surface area contributed by atoms with Gasteiger partial charge in [-0.05, 0) is 37.8 Å². The minimum atomic E-state index is -6.00. The second-order valence-electron chi connectivity index (χ2n) is 9.15. The lowest BCUT2D eigenvalue weighted by Crippen LogP contribution is -2.50. The highest BCUT2D eigenvalue weighted by atomic mass is 19.5. The number of nitrogens with one attached hydrogen (secondary N) is 2. The minimum Gasteiger partial charge on any atom is -0.444 e. The first-order valence-electron chi connectivity index (χ1n) is 10.8. The maximum absolute atomic E-state index is 12.6. The van der Waals surface area contributed by atoms with Gasteiger partial charge in [-0.2, -0.15) is 0 Å². The number of alkyl carbamates (subject to hydrolysis) is 1. The second kappa shape index (κ2) is 12.4. The highest BCUT2D eigenvalue weighted by Gasteiger charge is 2.26. The molecule has 1 heterocycles. The Morgan fingerprint density at radius 2 is 1.62 bits per heavy atom. The minimum absolute atomic E-state index is 0.0622. The molecule has 1 atom stereocenters. The third kappa shape index (κ3) is 12.9. The Bertz CT molecular complexity index is 919. The van der Waals surface area contributed by atoms with Crippen LogP contribution in [0.5, 0.6) is 0 Å². The number of nitrogens with zero attached hydrogens (tertiary/aromatic N) is 2. The largest absolute Gasteiger partial charge is 0.673 e. The third-order valence-electron chi connectivity index (χ3n) is 4.30. The first-order valence-corrected chi connectivity index (χ1v) is 10.8. The number of rotatable bonds is 7. The van der Waals surface area contributed by atoms with Gasteiger partial charge >= 0.3 is 13.3 Å². The Labute approximate surface area is 197 Å². The molecule has 0 bridgehead atoms. The number of aromatic nitrogens is 2. The summed E-state index contributed by atoms with van der Waals surface area (Å²) in [6.07, 6.45) is 5.46. The van der Waals surface area contributed by atoms with Crippen molar-refractivity contribution >= 4 is 19.3 Å². The molecule has 12 heteroatoms. The number of carbonyl (C=O) groups is 2. The first kappa shape index (κ1) is 29.0. The fourth-order valence-electron chi connectivity index (χ4n) is 2.84. The van der Waals surface area contributed by atoms with Gasteiger partial charge in [-0.1, -0.05) is 38.1 Å². The van der Waals surface area contributed by atoms with E-state index in [1.165, 1.54) is 5.56 Å². The lowest BCUT2D eigenvalue weighted by Gasteiger charge is -2.25. The molecular formula is C22H33BF4N4O3. The molecule has 2 N–H and O–H groups in total. The van der Waals surface area contributed by atoms with E-state index in [0.29, 0.717) is 6.54 Å². The molecule has 0 fully saturated rings. The second-order valence-corrected chi connectivity index (χ2v) is 9.15. The maximum atomic E-state index is 12.6. The van der Waals surface area contributed by atoms with E-state index in [1.54, 1.807) is 20.8 Å². The van der Waals surface area contributed by atoms with Crippen molar-refractivity contribution in [1.29, 1.82) is 0 Å². The van der Waals surface area contributed by atoms with Gasteiger partial charge in [0.25, 0.3) is 0 Å². The lowest BCUT2D eigenvalue weighted by atomic mass is 10.0. The van der Waals surface area contributed by atoms with Gasteiger partial charge in [0.15, 0.2) is 0 Å². The van der Waals surface area contributed by atoms with E-state index in [2.05, 4.69) is 27.3 Å². The third-order valence-corrected chi connectivity index (χ3v) is 4.30. The standard InChI is InChI=1S/C22H32N4O3.BF4/c1-16(2)19(24-21(28)29-22(3,4)5)20(27)23-13-17-7-9-18(10-8-17)14-26-12-11-25(6)15-26;2-1(3,4)5/h7-12,15-16,19H,13-14H2,1-6H3,(H-,23,24,27,28);/q;-1/p+1/t19-;/m0./s1. The summed E-state index contributed by atoms with van der Waals surface area (Å²) >= 11 is 0. The average Bonchev–Trinajstić information content (AvgIpc) is 3.07. The molecule has 2 rings (SSSR count). The van der Waals surface area contributed by atoms with Crippen molar-refractivity contribution in [2.75, 3.05) is 0 Å². The summed E-state index contributed by atoms with van der Waals surface area (Å²) in [5, 5.41) is 5.57. The normalized spacial score (nSPS) is 12.4. The molecule has 0 spiro atoms. The van der Waals surface area contributed by atoms with Gasteiger partial charge in [-0.3, -0.25) is 4.79 Å². The Kier molecular flexibility index (Phi) is 10.6. The van der Waals surface area contributed by atoms with Crippen LogP contribution in [0.2, 0.25) is 0 Å². The number of carbonyl (C=O) groups excluding carboxylic acids is 2. The molecule has 0 radical (unpaired) electrons. The number of halogens is 4. The van der Waals surface area contributed by atoms with E-state index in [-0.39, 0.29) is 11.8 Å². The smallest absolute Gasteiger partial charge is 0.444 e. The molecule has 190 valence electrons. The number of hydrogen-bond donors (Lipinski definition) is 2. The van der Waals surface area contributed by atoms with Gasteiger partial charge in [0.2, 0.25) is 12.2 Å². The van der Waals surface area contributed by atoms with E-state index >= 15 is 0 Å². The van der Waals surface area contributed by atoms with E-state index < -0.39 is 25.0 Å². The van der Waals surface area contributed by atoms with E-state index in [1.807, 2.05) is 56.3 Å². The highest BCUT2D eigenvalue weighted by molar-refractivity contribution is 6.50. The zero-order valence-electron chi connectivity index (χ0n) is 20.3. The van der Waals surface area contributed by atoms with Crippen LogP contribution in [0, 0.1) is 5.92 Å². The van der Waals surface area contributed by atoms with Crippen molar-refractivity contribution in [3.05, 3.63) is 54.1 Å². The molecule has 1 aromatic carbocycles. The fourth-order valence-corrected chi connectivity index (χ4v) is 2.84. The van der Waals surface area contributed by atoms with Crippen LogP contribution in [0.1, 0.15) is 45.7 Å². The van der Waals surface area contributed by atoms with Crippen molar-refractivity contribution in [3.8, 4) is 0 Å². The first-order chi connectivity index (χ1) is 15.5. The Morgan fingerprint density at radius 1 is 1.09 bits per heavy atom. The maximum Gasteiger partial charge on any atom is 0.673 e. The van der Waals surface area contributed by atoms with Gasteiger partial charge in [0.05, 0.1) is 7.05 Å². The average molecular weight is 488 g/mol.